The Morgan fingerprint density at radius 3 is 2.87 bits per heavy atom. The second-order valence-electron chi connectivity index (χ2n) is 4.99. The number of allylic oxidation sites excluding steroid dienone is 1. The minimum absolute atomic E-state index is 0.329. The molecule has 1 aromatic carbocycles. The van der Waals surface area contributed by atoms with E-state index < -0.39 is 17.8 Å². The van der Waals surface area contributed by atoms with Crippen LogP contribution >= 0.6 is 0 Å². The largest absolute Gasteiger partial charge is 0.365 e. The molecule has 0 saturated heterocycles. The summed E-state index contributed by atoms with van der Waals surface area (Å²) in [5.41, 5.74) is 0.296. The van der Waals surface area contributed by atoms with E-state index in [1.54, 1.807) is 6.20 Å². The molecule has 0 spiro atoms. The van der Waals surface area contributed by atoms with E-state index in [4.69, 9.17) is 0 Å². The quantitative estimate of drug-likeness (QED) is 0.920. The van der Waals surface area contributed by atoms with Gasteiger partial charge in [0.25, 0.3) is 6.43 Å². The number of alkyl halides is 2. The number of benzene rings is 1. The Labute approximate surface area is 130 Å². The molecular weight excluding hydrogens is 307 g/mol. The van der Waals surface area contributed by atoms with Crippen LogP contribution < -0.4 is 5.32 Å². The standard InChI is InChI=1S/C15H14F3N5/c16-13-5-4-11(7-12(13)15(17)18)23-9-10(21-22-23)8-20-14-3-1-2-6-19-14/h3-7,9,15,20H,1-2,8H2. The summed E-state index contributed by atoms with van der Waals surface area (Å²) >= 11 is 0. The summed E-state index contributed by atoms with van der Waals surface area (Å²) in [6.45, 7) is 0.409. The van der Waals surface area contributed by atoms with Crippen molar-refractivity contribution in [3.05, 3.63) is 53.4 Å². The van der Waals surface area contributed by atoms with E-state index in [9.17, 15) is 13.2 Å². The highest BCUT2D eigenvalue weighted by Crippen LogP contribution is 2.24. The first kappa shape index (κ1) is 15.3. The molecule has 5 nitrogen and oxygen atoms in total. The topological polar surface area (TPSA) is 55.1 Å². The van der Waals surface area contributed by atoms with Crippen molar-refractivity contribution < 1.29 is 13.2 Å². The number of halogens is 3. The monoisotopic (exact) mass is 321 g/mol. The van der Waals surface area contributed by atoms with Crippen LogP contribution in [0.15, 0.2) is 41.3 Å². The van der Waals surface area contributed by atoms with Crippen LogP contribution in [0, 0.1) is 5.82 Å². The van der Waals surface area contributed by atoms with E-state index >= 15 is 0 Å². The first-order chi connectivity index (χ1) is 11.1. The third kappa shape index (κ3) is 3.58. The molecule has 1 aliphatic heterocycles. The van der Waals surface area contributed by atoms with E-state index in [1.807, 2.05) is 12.3 Å². The second kappa shape index (κ2) is 6.64. The van der Waals surface area contributed by atoms with Gasteiger partial charge in [-0.15, -0.1) is 5.10 Å². The van der Waals surface area contributed by atoms with Gasteiger partial charge in [-0.3, -0.25) is 0 Å². The maximum absolute atomic E-state index is 13.3. The van der Waals surface area contributed by atoms with Gasteiger partial charge in [-0.25, -0.2) is 22.8 Å². The summed E-state index contributed by atoms with van der Waals surface area (Å²) in [7, 11) is 0. The van der Waals surface area contributed by atoms with Crippen LogP contribution in [-0.2, 0) is 6.54 Å². The van der Waals surface area contributed by atoms with Crippen LogP contribution in [-0.4, -0.2) is 21.2 Å². The van der Waals surface area contributed by atoms with Crippen molar-refractivity contribution in [3.8, 4) is 5.69 Å². The molecule has 0 saturated carbocycles. The Kier molecular flexibility index (Phi) is 4.40. The van der Waals surface area contributed by atoms with E-state index in [1.165, 1.54) is 10.7 Å². The summed E-state index contributed by atoms with van der Waals surface area (Å²) < 4.78 is 40.1. The number of aromatic nitrogens is 3. The van der Waals surface area contributed by atoms with Crippen LogP contribution in [0.5, 0.6) is 0 Å². The van der Waals surface area contributed by atoms with Gasteiger partial charge in [-0.2, -0.15) is 0 Å². The first-order valence-electron chi connectivity index (χ1n) is 7.09. The fraction of sp³-hybridized carbons (Fsp3) is 0.267. The lowest BCUT2D eigenvalue weighted by atomic mass is 10.2. The van der Waals surface area contributed by atoms with E-state index in [-0.39, 0.29) is 0 Å². The van der Waals surface area contributed by atoms with Crippen molar-refractivity contribution in [2.75, 3.05) is 0 Å². The first-order valence-corrected chi connectivity index (χ1v) is 7.09. The normalized spacial score (nSPS) is 14.2. The molecule has 0 unspecified atom stereocenters. The van der Waals surface area contributed by atoms with Gasteiger partial charge >= 0.3 is 0 Å². The van der Waals surface area contributed by atoms with Gasteiger partial charge in [0.1, 0.15) is 17.3 Å². The van der Waals surface area contributed by atoms with E-state index in [2.05, 4.69) is 20.6 Å². The summed E-state index contributed by atoms with van der Waals surface area (Å²) in [4.78, 5) is 4.20. The summed E-state index contributed by atoms with van der Waals surface area (Å²) in [5, 5.41) is 11.0. The number of hydrogen-bond acceptors (Lipinski definition) is 4. The number of nitrogens with zero attached hydrogens (tertiary/aromatic N) is 4. The molecule has 3 rings (SSSR count). The third-order valence-electron chi connectivity index (χ3n) is 3.33. The number of aliphatic imine (C=N–C) groups is 1. The SMILES string of the molecule is Fc1ccc(-n2cc(CNC3=CCCC=N3)nn2)cc1C(F)F. The Morgan fingerprint density at radius 2 is 2.13 bits per heavy atom. The number of hydrogen-bond donors (Lipinski definition) is 1. The predicted octanol–water partition coefficient (Wildman–Crippen LogP) is 3.14. The Hall–Kier alpha value is -2.64. The van der Waals surface area contributed by atoms with Crippen molar-refractivity contribution in [1.82, 2.24) is 20.3 Å². The second-order valence-corrected chi connectivity index (χ2v) is 4.99. The van der Waals surface area contributed by atoms with E-state index in [0.29, 0.717) is 17.9 Å². The molecule has 0 atom stereocenters. The van der Waals surface area contributed by atoms with Crippen LogP contribution in [0.4, 0.5) is 13.2 Å². The van der Waals surface area contributed by atoms with Gasteiger partial charge in [0.2, 0.25) is 0 Å². The highest BCUT2D eigenvalue weighted by atomic mass is 19.3. The van der Waals surface area contributed by atoms with Crippen LogP contribution in [0.2, 0.25) is 0 Å². The molecule has 8 heteroatoms. The van der Waals surface area contributed by atoms with Gasteiger partial charge in [-0.1, -0.05) is 5.21 Å². The van der Waals surface area contributed by atoms with Crippen LogP contribution in [0.25, 0.3) is 5.69 Å². The average Bonchev–Trinajstić information content (AvgIpc) is 3.03. The molecule has 0 aliphatic carbocycles. The maximum atomic E-state index is 13.3. The van der Waals surface area contributed by atoms with Crippen molar-refractivity contribution in [3.63, 3.8) is 0 Å². The smallest absolute Gasteiger partial charge is 0.266 e. The number of rotatable bonds is 5. The Bertz CT molecular complexity index is 751. The molecule has 0 bridgehead atoms. The molecule has 120 valence electrons. The minimum Gasteiger partial charge on any atom is -0.365 e. The summed E-state index contributed by atoms with van der Waals surface area (Å²) in [6.07, 6.45) is 4.41. The molecule has 1 aliphatic rings. The summed E-state index contributed by atoms with van der Waals surface area (Å²) in [5.74, 6) is -0.166. The fourth-order valence-corrected chi connectivity index (χ4v) is 2.16. The van der Waals surface area contributed by atoms with Crippen molar-refractivity contribution in [2.24, 2.45) is 4.99 Å². The molecule has 0 amide bonds. The Balaban J connectivity index is 1.73. The van der Waals surface area contributed by atoms with Crippen molar-refractivity contribution in [2.45, 2.75) is 25.8 Å². The number of nitrogens with one attached hydrogen (secondary N) is 1. The molecule has 0 fully saturated rings. The lowest BCUT2D eigenvalue weighted by molar-refractivity contribution is 0.146. The van der Waals surface area contributed by atoms with Gasteiger partial charge in [-0.05, 0) is 37.1 Å². The molecule has 1 aromatic heterocycles. The molecule has 23 heavy (non-hydrogen) atoms. The Morgan fingerprint density at radius 1 is 1.26 bits per heavy atom. The lowest BCUT2D eigenvalue weighted by Gasteiger charge is -2.07. The third-order valence-corrected chi connectivity index (χ3v) is 3.33. The highest BCUT2D eigenvalue weighted by Gasteiger charge is 2.15. The molecular formula is C15H14F3N5. The minimum atomic E-state index is -2.88. The highest BCUT2D eigenvalue weighted by molar-refractivity contribution is 5.60. The van der Waals surface area contributed by atoms with Crippen LogP contribution in [0.3, 0.4) is 0 Å². The predicted molar refractivity (Wildman–Crippen MR) is 78.9 cm³/mol. The maximum Gasteiger partial charge on any atom is 0.266 e. The van der Waals surface area contributed by atoms with Gasteiger partial charge in [0.05, 0.1) is 24.0 Å². The fourth-order valence-electron chi connectivity index (χ4n) is 2.16. The zero-order chi connectivity index (χ0) is 16.2. The molecule has 2 aromatic rings. The molecule has 1 N–H and O–H groups in total. The summed E-state index contributed by atoms with van der Waals surface area (Å²) in [6, 6.07) is 3.44. The lowest BCUT2D eigenvalue weighted by Crippen LogP contribution is -2.13. The average molecular weight is 321 g/mol. The van der Waals surface area contributed by atoms with E-state index in [0.717, 1.165) is 30.8 Å². The molecule has 2 heterocycles. The van der Waals surface area contributed by atoms with Gasteiger partial charge in [0.15, 0.2) is 0 Å². The zero-order valence-corrected chi connectivity index (χ0v) is 12.1. The van der Waals surface area contributed by atoms with Crippen molar-refractivity contribution >= 4 is 6.21 Å². The van der Waals surface area contributed by atoms with Gasteiger partial charge < -0.3 is 5.32 Å². The van der Waals surface area contributed by atoms with Crippen LogP contribution in [0.1, 0.15) is 30.5 Å². The molecule has 0 radical (unpaired) electrons. The van der Waals surface area contributed by atoms with Gasteiger partial charge in [0, 0.05) is 6.21 Å². The zero-order valence-electron chi connectivity index (χ0n) is 12.1. The van der Waals surface area contributed by atoms with Crippen molar-refractivity contribution in [1.29, 1.82) is 0 Å².